The summed E-state index contributed by atoms with van der Waals surface area (Å²) in [6, 6.07) is 6.97. The van der Waals surface area contributed by atoms with Crippen molar-refractivity contribution in [3.05, 3.63) is 29.8 Å². The van der Waals surface area contributed by atoms with Crippen molar-refractivity contribution < 1.29 is 19.7 Å². The van der Waals surface area contributed by atoms with E-state index in [2.05, 4.69) is 5.32 Å². The maximum atomic E-state index is 11.1. The Kier molecular flexibility index (Phi) is 4.76. The van der Waals surface area contributed by atoms with Crippen LogP contribution in [0.4, 0.5) is 0 Å². The molecule has 0 aromatic heterocycles. The second-order valence-electron chi connectivity index (χ2n) is 4.77. The number of hydrogen-bond acceptors (Lipinski definition) is 4. The van der Waals surface area contributed by atoms with Gasteiger partial charge in [-0.3, -0.25) is 4.79 Å². The van der Waals surface area contributed by atoms with Crippen LogP contribution in [0.5, 0.6) is 5.75 Å². The predicted octanol–water partition coefficient (Wildman–Crippen LogP) is 1.15. The highest BCUT2D eigenvalue weighted by Crippen LogP contribution is 2.20. The molecule has 0 amide bonds. The first kappa shape index (κ1) is 13.8. The summed E-state index contributed by atoms with van der Waals surface area (Å²) in [4.78, 5) is 11.1. The lowest BCUT2D eigenvalue weighted by Gasteiger charge is -2.14. The lowest BCUT2D eigenvalue weighted by atomic mass is 10.2. The standard InChI is InChI=1S/C14H19NO4/c16-9-10-2-1-3-12(8-10)19-7-6-13(14(17)18)15-11-4-5-11/h1-3,8,11,13,15-16H,4-7,9H2,(H,17,18). The second kappa shape index (κ2) is 6.54. The molecule has 0 spiro atoms. The van der Waals surface area contributed by atoms with Crippen LogP contribution in [0.2, 0.25) is 0 Å². The van der Waals surface area contributed by atoms with Crippen molar-refractivity contribution in [1.82, 2.24) is 5.32 Å². The summed E-state index contributed by atoms with van der Waals surface area (Å²) >= 11 is 0. The van der Waals surface area contributed by atoms with Gasteiger partial charge in [0.25, 0.3) is 0 Å². The summed E-state index contributed by atoms with van der Waals surface area (Å²) in [5.41, 5.74) is 0.781. The fraction of sp³-hybridized carbons (Fsp3) is 0.500. The average Bonchev–Trinajstić information content (AvgIpc) is 3.21. The van der Waals surface area contributed by atoms with Crippen LogP contribution in [-0.2, 0) is 11.4 Å². The van der Waals surface area contributed by atoms with E-state index in [9.17, 15) is 4.79 Å². The molecule has 0 radical (unpaired) electrons. The van der Waals surface area contributed by atoms with Gasteiger partial charge in [-0.15, -0.1) is 0 Å². The number of rotatable bonds is 8. The molecule has 3 N–H and O–H groups in total. The van der Waals surface area contributed by atoms with Gasteiger partial charge < -0.3 is 20.3 Å². The van der Waals surface area contributed by atoms with Gasteiger partial charge in [0, 0.05) is 12.5 Å². The minimum absolute atomic E-state index is 0.0296. The molecule has 2 rings (SSSR count). The number of benzene rings is 1. The summed E-state index contributed by atoms with van der Waals surface area (Å²) in [6.45, 7) is 0.309. The largest absolute Gasteiger partial charge is 0.494 e. The maximum Gasteiger partial charge on any atom is 0.320 e. The van der Waals surface area contributed by atoms with Gasteiger partial charge in [-0.05, 0) is 30.5 Å². The van der Waals surface area contributed by atoms with E-state index in [1.165, 1.54) is 0 Å². The van der Waals surface area contributed by atoms with E-state index < -0.39 is 12.0 Å². The highest BCUT2D eigenvalue weighted by atomic mass is 16.5. The van der Waals surface area contributed by atoms with Gasteiger partial charge in [0.15, 0.2) is 0 Å². The van der Waals surface area contributed by atoms with Gasteiger partial charge >= 0.3 is 5.97 Å². The van der Waals surface area contributed by atoms with Crippen molar-refractivity contribution in [3.8, 4) is 5.75 Å². The number of aliphatic hydroxyl groups excluding tert-OH is 1. The number of carboxylic acids is 1. The number of nitrogens with one attached hydrogen (secondary N) is 1. The molecule has 104 valence electrons. The van der Waals surface area contributed by atoms with E-state index in [0.29, 0.717) is 24.8 Å². The van der Waals surface area contributed by atoms with Crippen molar-refractivity contribution in [2.45, 2.75) is 38.0 Å². The Morgan fingerprint density at radius 2 is 2.26 bits per heavy atom. The van der Waals surface area contributed by atoms with Gasteiger partial charge in [0.05, 0.1) is 13.2 Å². The molecule has 1 aliphatic rings. The monoisotopic (exact) mass is 265 g/mol. The van der Waals surface area contributed by atoms with Gasteiger partial charge in [-0.25, -0.2) is 0 Å². The summed E-state index contributed by atoms with van der Waals surface area (Å²) < 4.78 is 5.52. The van der Waals surface area contributed by atoms with E-state index in [4.69, 9.17) is 14.9 Å². The molecule has 1 aliphatic carbocycles. The third-order valence-corrected chi connectivity index (χ3v) is 3.07. The first-order chi connectivity index (χ1) is 9.19. The molecular weight excluding hydrogens is 246 g/mol. The normalized spacial score (nSPS) is 16.1. The Balaban J connectivity index is 1.78. The number of carbonyl (C=O) groups is 1. The maximum absolute atomic E-state index is 11.1. The Labute approximate surface area is 112 Å². The highest BCUT2D eigenvalue weighted by molar-refractivity contribution is 5.73. The van der Waals surface area contributed by atoms with E-state index in [-0.39, 0.29) is 6.61 Å². The molecule has 1 aromatic carbocycles. The van der Waals surface area contributed by atoms with Crippen molar-refractivity contribution in [2.75, 3.05) is 6.61 Å². The minimum atomic E-state index is -0.834. The van der Waals surface area contributed by atoms with Crippen LogP contribution in [0.1, 0.15) is 24.8 Å². The van der Waals surface area contributed by atoms with Gasteiger partial charge in [-0.2, -0.15) is 0 Å². The van der Waals surface area contributed by atoms with Crippen molar-refractivity contribution in [2.24, 2.45) is 0 Å². The Hall–Kier alpha value is -1.59. The third kappa shape index (κ3) is 4.54. The van der Waals surface area contributed by atoms with Crippen LogP contribution in [0.15, 0.2) is 24.3 Å². The number of aliphatic hydroxyl groups is 1. The quantitative estimate of drug-likeness (QED) is 0.657. The van der Waals surface area contributed by atoms with Crippen LogP contribution in [0.25, 0.3) is 0 Å². The highest BCUT2D eigenvalue weighted by Gasteiger charge is 2.27. The topological polar surface area (TPSA) is 78.8 Å². The first-order valence-electron chi connectivity index (χ1n) is 6.50. The third-order valence-electron chi connectivity index (χ3n) is 3.07. The fourth-order valence-electron chi connectivity index (χ4n) is 1.84. The predicted molar refractivity (Wildman–Crippen MR) is 70.1 cm³/mol. The number of hydrogen-bond donors (Lipinski definition) is 3. The summed E-state index contributed by atoms with van der Waals surface area (Å²) in [5, 5.41) is 21.2. The molecule has 0 heterocycles. The zero-order valence-electron chi connectivity index (χ0n) is 10.7. The first-order valence-corrected chi connectivity index (χ1v) is 6.50. The summed E-state index contributed by atoms with van der Waals surface area (Å²) in [6.07, 6.45) is 2.54. The van der Waals surface area contributed by atoms with Crippen LogP contribution < -0.4 is 10.1 Å². The molecular formula is C14H19NO4. The Morgan fingerprint density at radius 3 is 2.89 bits per heavy atom. The molecule has 1 unspecified atom stereocenters. The van der Waals surface area contributed by atoms with Gasteiger partial charge in [0.1, 0.15) is 11.8 Å². The second-order valence-corrected chi connectivity index (χ2v) is 4.77. The number of carboxylic acid groups (broad SMARTS) is 1. The van der Waals surface area contributed by atoms with E-state index in [0.717, 1.165) is 18.4 Å². The van der Waals surface area contributed by atoms with Crippen LogP contribution in [0, 0.1) is 0 Å². The smallest absolute Gasteiger partial charge is 0.320 e. The van der Waals surface area contributed by atoms with E-state index in [1.807, 2.05) is 6.07 Å². The molecule has 1 aromatic rings. The van der Waals surface area contributed by atoms with Crippen molar-refractivity contribution >= 4 is 5.97 Å². The van der Waals surface area contributed by atoms with E-state index in [1.54, 1.807) is 18.2 Å². The van der Waals surface area contributed by atoms with Gasteiger partial charge in [0.2, 0.25) is 0 Å². The molecule has 1 atom stereocenters. The molecule has 1 saturated carbocycles. The Bertz CT molecular complexity index is 431. The number of ether oxygens (including phenoxy) is 1. The lowest BCUT2D eigenvalue weighted by molar-refractivity contribution is -0.139. The zero-order chi connectivity index (χ0) is 13.7. The SMILES string of the molecule is O=C(O)C(CCOc1cccc(CO)c1)NC1CC1. The molecule has 0 aliphatic heterocycles. The average molecular weight is 265 g/mol. The van der Waals surface area contributed by atoms with Crippen LogP contribution in [0.3, 0.4) is 0 Å². The summed E-state index contributed by atoms with van der Waals surface area (Å²) in [5.74, 6) is -0.179. The van der Waals surface area contributed by atoms with Crippen LogP contribution in [-0.4, -0.2) is 34.9 Å². The van der Waals surface area contributed by atoms with Crippen molar-refractivity contribution in [1.29, 1.82) is 0 Å². The molecule has 1 fully saturated rings. The molecule has 5 heteroatoms. The molecule has 19 heavy (non-hydrogen) atoms. The molecule has 0 bridgehead atoms. The van der Waals surface area contributed by atoms with Gasteiger partial charge in [-0.1, -0.05) is 12.1 Å². The fourth-order valence-corrected chi connectivity index (χ4v) is 1.84. The van der Waals surface area contributed by atoms with Crippen LogP contribution >= 0.6 is 0 Å². The van der Waals surface area contributed by atoms with E-state index >= 15 is 0 Å². The summed E-state index contributed by atoms with van der Waals surface area (Å²) in [7, 11) is 0. The zero-order valence-corrected chi connectivity index (χ0v) is 10.7. The number of aliphatic carboxylic acids is 1. The van der Waals surface area contributed by atoms with Crippen molar-refractivity contribution in [3.63, 3.8) is 0 Å². The lowest BCUT2D eigenvalue weighted by Crippen LogP contribution is -2.39. The molecule has 5 nitrogen and oxygen atoms in total. The Morgan fingerprint density at radius 1 is 1.47 bits per heavy atom. The minimum Gasteiger partial charge on any atom is -0.494 e. The molecule has 0 saturated heterocycles.